The first-order chi connectivity index (χ1) is 9.05. The number of fused-ring (bicyclic) bond motifs is 4. The minimum absolute atomic E-state index is 0.233. The van der Waals surface area contributed by atoms with Gasteiger partial charge in [-0.2, -0.15) is 0 Å². The first-order valence-corrected chi connectivity index (χ1v) is 7.22. The number of para-hydroxylation sites is 1. The largest absolute Gasteiger partial charge is 0.364 e. The van der Waals surface area contributed by atoms with E-state index in [4.69, 9.17) is 0 Å². The number of amides is 1. The molecule has 0 N–H and O–H groups in total. The van der Waals surface area contributed by atoms with Gasteiger partial charge >= 0.3 is 0 Å². The van der Waals surface area contributed by atoms with Crippen molar-refractivity contribution in [2.75, 3.05) is 18.0 Å². The van der Waals surface area contributed by atoms with E-state index < -0.39 is 0 Å². The quantitative estimate of drug-likeness (QED) is 0.666. The summed E-state index contributed by atoms with van der Waals surface area (Å²) in [5, 5.41) is 0. The molecular weight excluding hydrogens is 236 g/mol. The molecule has 3 aliphatic rings. The number of rotatable bonds is 0. The summed E-state index contributed by atoms with van der Waals surface area (Å²) < 4.78 is 0. The first-order valence-electron chi connectivity index (χ1n) is 7.22. The second-order valence-corrected chi connectivity index (χ2v) is 7.01. The fourth-order valence-corrected chi connectivity index (χ4v) is 3.90. The molecular formula is C16H20N2O. The average molecular weight is 256 g/mol. The lowest BCUT2D eigenvalue weighted by atomic mass is 9.89. The molecule has 3 heterocycles. The number of hydrogen-bond donors (Lipinski definition) is 0. The van der Waals surface area contributed by atoms with E-state index >= 15 is 0 Å². The van der Waals surface area contributed by atoms with Crippen LogP contribution in [-0.2, 0) is 0 Å². The van der Waals surface area contributed by atoms with Crippen LogP contribution in [0.2, 0.25) is 0 Å². The maximum Gasteiger partial charge on any atom is 0.256 e. The predicted molar refractivity (Wildman–Crippen MR) is 75.4 cm³/mol. The lowest BCUT2D eigenvalue weighted by molar-refractivity contribution is 0.0719. The molecule has 2 unspecified atom stereocenters. The molecule has 0 aromatic heterocycles. The molecule has 3 aliphatic heterocycles. The van der Waals surface area contributed by atoms with Gasteiger partial charge in [-0.05, 0) is 30.4 Å². The van der Waals surface area contributed by atoms with Crippen LogP contribution in [0.5, 0.6) is 0 Å². The third-order valence-electron chi connectivity index (χ3n) is 4.79. The van der Waals surface area contributed by atoms with Gasteiger partial charge in [0.05, 0.1) is 5.56 Å². The highest BCUT2D eigenvalue weighted by atomic mass is 16.2. The maximum atomic E-state index is 12.8. The number of carbonyl (C=O) groups is 1. The Morgan fingerprint density at radius 1 is 1.16 bits per heavy atom. The Morgan fingerprint density at radius 2 is 1.95 bits per heavy atom. The lowest BCUT2D eigenvalue weighted by Crippen LogP contribution is -2.38. The smallest absolute Gasteiger partial charge is 0.256 e. The molecule has 2 atom stereocenters. The summed E-state index contributed by atoms with van der Waals surface area (Å²) in [5.74, 6) is 0.233. The van der Waals surface area contributed by atoms with Gasteiger partial charge in [0.15, 0.2) is 0 Å². The number of nitrogens with zero attached hydrogens (tertiary/aromatic N) is 2. The van der Waals surface area contributed by atoms with Crippen LogP contribution < -0.4 is 4.90 Å². The van der Waals surface area contributed by atoms with Crippen LogP contribution in [0, 0.1) is 5.41 Å². The first kappa shape index (κ1) is 11.3. The maximum absolute atomic E-state index is 12.8. The topological polar surface area (TPSA) is 23.3 Å². The van der Waals surface area contributed by atoms with Crippen molar-refractivity contribution in [1.82, 2.24) is 4.90 Å². The second-order valence-electron chi connectivity index (χ2n) is 7.01. The van der Waals surface area contributed by atoms with Crippen molar-refractivity contribution in [3.8, 4) is 0 Å². The van der Waals surface area contributed by atoms with Gasteiger partial charge in [-0.3, -0.25) is 4.79 Å². The average Bonchev–Trinajstić information content (AvgIpc) is 3.05. The summed E-state index contributed by atoms with van der Waals surface area (Å²) in [6, 6.07) is 9.18. The zero-order valence-corrected chi connectivity index (χ0v) is 11.6. The van der Waals surface area contributed by atoms with Crippen molar-refractivity contribution in [3.05, 3.63) is 29.8 Å². The van der Waals surface area contributed by atoms with Gasteiger partial charge in [-0.15, -0.1) is 0 Å². The number of hydrogen-bond acceptors (Lipinski definition) is 2. The van der Waals surface area contributed by atoms with E-state index in [9.17, 15) is 4.79 Å². The predicted octanol–water partition coefficient (Wildman–Crippen LogP) is 2.52. The highest BCUT2D eigenvalue weighted by Gasteiger charge is 2.48. The molecule has 1 amide bonds. The second kappa shape index (κ2) is 3.53. The van der Waals surface area contributed by atoms with Crippen molar-refractivity contribution < 1.29 is 4.79 Å². The molecule has 0 radical (unpaired) electrons. The van der Waals surface area contributed by atoms with Crippen LogP contribution in [0.1, 0.15) is 37.0 Å². The van der Waals surface area contributed by atoms with Gasteiger partial charge in [0.25, 0.3) is 5.91 Å². The highest BCUT2D eigenvalue weighted by molar-refractivity contribution is 6.01. The fraction of sp³-hybridized carbons (Fsp3) is 0.562. The fourth-order valence-electron chi connectivity index (χ4n) is 3.90. The summed E-state index contributed by atoms with van der Waals surface area (Å²) in [4.78, 5) is 17.3. The molecule has 0 saturated carbocycles. The van der Waals surface area contributed by atoms with Crippen molar-refractivity contribution >= 4 is 11.6 Å². The molecule has 19 heavy (non-hydrogen) atoms. The molecule has 4 rings (SSSR count). The highest BCUT2D eigenvalue weighted by Crippen LogP contribution is 2.43. The van der Waals surface area contributed by atoms with Gasteiger partial charge in [0, 0.05) is 30.9 Å². The molecule has 1 aromatic rings. The molecule has 1 aromatic carbocycles. The van der Waals surface area contributed by atoms with Crippen molar-refractivity contribution in [3.63, 3.8) is 0 Å². The molecule has 0 bridgehead atoms. The Hall–Kier alpha value is -1.51. The Morgan fingerprint density at radius 3 is 2.79 bits per heavy atom. The zero-order chi connectivity index (χ0) is 13.2. The van der Waals surface area contributed by atoms with Crippen LogP contribution in [-0.4, -0.2) is 36.0 Å². The van der Waals surface area contributed by atoms with Crippen molar-refractivity contribution in [2.45, 2.75) is 38.8 Å². The molecule has 100 valence electrons. The summed E-state index contributed by atoms with van der Waals surface area (Å²) >= 11 is 0. The molecule has 2 fully saturated rings. The van der Waals surface area contributed by atoms with E-state index in [-0.39, 0.29) is 11.3 Å². The van der Waals surface area contributed by atoms with E-state index in [1.165, 1.54) is 0 Å². The van der Waals surface area contributed by atoms with Crippen LogP contribution in [0.3, 0.4) is 0 Å². The van der Waals surface area contributed by atoms with Crippen molar-refractivity contribution in [2.24, 2.45) is 5.41 Å². The monoisotopic (exact) mass is 256 g/mol. The standard InChI is InChI=1S/C16H20N2O/c1-16(2)8-11-7-12-9-17(12)14-6-4-3-5-13(14)15(19)18(11)10-16/h3-6,11-12H,7-10H2,1-2H3. The zero-order valence-electron chi connectivity index (χ0n) is 11.6. The summed E-state index contributed by atoms with van der Waals surface area (Å²) in [6.07, 6.45) is 2.29. The van der Waals surface area contributed by atoms with Crippen LogP contribution >= 0.6 is 0 Å². The number of anilines is 1. The number of benzene rings is 1. The van der Waals surface area contributed by atoms with E-state index in [2.05, 4.69) is 29.7 Å². The summed E-state index contributed by atoms with van der Waals surface area (Å²) in [6.45, 7) is 6.58. The van der Waals surface area contributed by atoms with E-state index in [0.29, 0.717) is 12.1 Å². The van der Waals surface area contributed by atoms with E-state index in [1.54, 1.807) is 0 Å². The van der Waals surface area contributed by atoms with Gasteiger partial charge in [0.1, 0.15) is 0 Å². The van der Waals surface area contributed by atoms with Crippen LogP contribution in [0.15, 0.2) is 24.3 Å². The van der Waals surface area contributed by atoms with Gasteiger partial charge < -0.3 is 9.80 Å². The summed E-state index contributed by atoms with van der Waals surface area (Å²) in [7, 11) is 0. The number of carbonyl (C=O) groups excluding carboxylic acids is 1. The molecule has 2 saturated heterocycles. The van der Waals surface area contributed by atoms with Crippen molar-refractivity contribution in [1.29, 1.82) is 0 Å². The Labute approximate surface area is 114 Å². The van der Waals surface area contributed by atoms with Crippen LogP contribution in [0.25, 0.3) is 0 Å². The summed E-state index contributed by atoms with van der Waals surface area (Å²) in [5.41, 5.74) is 2.30. The molecule has 0 aliphatic carbocycles. The minimum atomic E-state index is 0.233. The van der Waals surface area contributed by atoms with Gasteiger partial charge in [-0.25, -0.2) is 0 Å². The molecule has 0 spiro atoms. The Bertz CT molecular complexity index is 551. The van der Waals surface area contributed by atoms with Gasteiger partial charge in [0.2, 0.25) is 0 Å². The van der Waals surface area contributed by atoms with E-state index in [1.807, 2.05) is 18.2 Å². The van der Waals surface area contributed by atoms with E-state index in [0.717, 1.165) is 37.2 Å². The lowest BCUT2D eigenvalue weighted by Gasteiger charge is -2.28. The Kier molecular flexibility index (Phi) is 2.10. The third-order valence-corrected chi connectivity index (χ3v) is 4.79. The Balaban J connectivity index is 1.79. The third kappa shape index (κ3) is 1.67. The SMILES string of the molecule is CC1(C)CC2CC3CN3c3ccccc3C(=O)N2C1. The molecule has 3 nitrogen and oxygen atoms in total. The van der Waals surface area contributed by atoms with Crippen LogP contribution in [0.4, 0.5) is 5.69 Å². The molecule has 3 heteroatoms. The normalized spacial score (nSPS) is 31.2. The minimum Gasteiger partial charge on any atom is -0.364 e. The van der Waals surface area contributed by atoms with Gasteiger partial charge in [-0.1, -0.05) is 26.0 Å².